The number of aromatic nitrogens is 2. The summed E-state index contributed by atoms with van der Waals surface area (Å²) in [6.45, 7) is 1.86. The van der Waals surface area contributed by atoms with Gasteiger partial charge in [-0.3, -0.25) is 4.72 Å². The minimum atomic E-state index is -3.57. The third kappa shape index (κ3) is 3.99. The van der Waals surface area contributed by atoms with Crippen LogP contribution < -0.4 is 4.72 Å². The average molecular weight is 259 g/mol. The minimum Gasteiger partial charge on any atom is -0.476 e. The van der Waals surface area contributed by atoms with Crippen molar-refractivity contribution in [3.8, 4) is 0 Å². The van der Waals surface area contributed by atoms with Crippen molar-refractivity contribution in [2.75, 3.05) is 10.5 Å². The molecule has 0 saturated carbocycles. The van der Waals surface area contributed by atoms with Gasteiger partial charge in [-0.15, -0.1) is 0 Å². The van der Waals surface area contributed by atoms with Gasteiger partial charge in [0.15, 0.2) is 11.5 Å². The molecule has 1 aromatic heterocycles. The van der Waals surface area contributed by atoms with Gasteiger partial charge in [-0.25, -0.2) is 23.2 Å². The summed E-state index contributed by atoms with van der Waals surface area (Å²) in [6, 6.07) is 0. The molecular weight excluding hydrogens is 246 g/mol. The molecule has 17 heavy (non-hydrogen) atoms. The number of sulfonamides is 1. The minimum absolute atomic E-state index is 0.0703. The Bertz CT molecular complexity index is 501. The lowest BCUT2D eigenvalue weighted by Crippen LogP contribution is -2.20. The lowest BCUT2D eigenvalue weighted by atomic mass is 10.4. The van der Waals surface area contributed by atoms with Crippen LogP contribution in [0.1, 0.15) is 30.3 Å². The van der Waals surface area contributed by atoms with Gasteiger partial charge in [-0.1, -0.05) is 13.3 Å². The summed E-state index contributed by atoms with van der Waals surface area (Å²) in [7, 11) is -3.57. The summed E-state index contributed by atoms with van der Waals surface area (Å²) in [5.74, 6) is -1.65. The Kier molecular flexibility index (Phi) is 4.38. The molecule has 1 aromatic rings. The van der Waals surface area contributed by atoms with Gasteiger partial charge >= 0.3 is 5.97 Å². The number of nitrogens with one attached hydrogen (secondary N) is 1. The van der Waals surface area contributed by atoms with Gasteiger partial charge < -0.3 is 5.11 Å². The normalized spacial score (nSPS) is 11.1. The van der Waals surface area contributed by atoms with Crippen molar-refractivity contribution in [3.63, 3.8) is 0 Å². The largest absolute Gasteiger partial charge is 0.476 e. The lowest BCUT2D eigenvalue weighted by Gasteiger charge is -2.07. The molecule has 0 fully saturated rings. The SMILES string of the molecule is CCCCS(=O)(=O)Nc1nccnc1C(=O)O. The highest BCUT2D eigenvalue weighted by molar-refractivity contribution is 7.92. The Morgan fingerprint density at radius 2 is 2.06 bits per heavy atom. The van der Waals surface area contributed by atoms with E-state index in [0.717, 1.165) is 6.42 Å². The van der Waals surface area contributed by atoms with Gasteiger partial charge in [0.25, 0.3) is 0 Å². The first-order valence-electron chi connectivity index (χ1n) is 5.01. The standard InChI is InChI=1S/C9H13N3O4S/c1-2-3-6-17(15,16)12-8-7(9(13)14)10-4-5-11-8/h4-5H,2-3,6H2,1H3,(H,11,12)(H,13,14). The topological polar surface area (TPSA) is 109 Å². The molecule has 1 rings (SSSR count). The van der Waals surface area contributed by atoms with E-state index in [1.807, 2.05) is 6.92 Å². The quantitative estimate of drug-likeness (QED) is 0.778. The fraction of sp³-hybridized carbons (Fsp3) is 0.444. The first kappa shape index (κ1) is 13.4. The number of nitrogens with zero attached hydrogens (tertiary/aromatic N) is 2. The van der Waals surface area contributed by atoms with Gasteiger partial charge in [0.05, 0.1) is 5.75 Å². The zero-order valence-corrected chi connectivity index (χ0v) is 10.1. The van der Waals surface area contributed by atoms with Crippen molar-refractivity contribution in [1.29, 1.82) is 0 Å². The second kappa shape index (κ2) is 5.58. The number of hydrogen-bond acceptors (Lipinski definition) is 5. The molecular formula is C9H13N3O4S. The van der Waals surface area contributed by atoms with E-state index in [2.05, 4.69) is 14.7 Å². The summed E-state index contributed by atoms with van der Waals surface area (Å²) in [6.07, 6.45) is 3.64. The third-order valence-electron chi connectivity index (χ3n) is 1.92. The number of carbonyl (C=O) groups is 1. The Labute approximate surface area is 99.0 Å². The van der Waals surface area contributed by atoms with E-state index in [-0.39, 0.29) is 11.6 Å². The summed E-state index contributed by atoms with van der Waals surface area (Å²) >= 11 is 0. The Morgan fingerprint density at radius 1 is 1.41 bits per heavy atom. The first-order chi connectivity index (χ1) is 7.96. The van der Waals surface area contributed by atoms with Crippen LogP contribution in [0.5, 0.6) is 0 Å². The molecule has 0 bridgehead atoms. The molecule has 0 amide bonds. The maximum atomic E-state index is 11.6. The molecule has 1 heterocycles. The van der Waals surface area contributed by atoms with Crippen molar-refractivity contribution >= 4 is 21.8 Å². The first-order valence-corrected chi connectivity index (χ1v) is 6.66. The molecule has 0 radical (unpaired) electrons. The predicted molar refractivity (Wildman–Crippen MR) is 61.3 cm³/mol. The Balaban J connectivity index is 2.92. The monoisotopic (exact) mass is 259 g/mol. The number of carboxylic acids is 1. The predicted octanol–water partition coefficient (Wildman–Crippen LogP) is 0.717. The fourth-order valence-electron chi connectivity index (χ4n) is 1.10. The number of hydrogen-bond donors (Lipinski definition) is 2. The highest BCUT2D eigenvalue weighted by Gasteiger charge is 2.17. The Morgan fingerprint density at radius 3 is 2.65 bits per heavy atom. The molecule has 94 valence electrons. The number of carboxylic acid groups (broad SMARTS) is 1. The van der Waals surface area contributed by atoms with E-state index in [4.69, 9.17) is 5.11 Å². The van der Waals surface area contributed by atoms with Gasteiger partial charge in [-0.05, 0) is 6.42 Å². The van der Waals surface area contributed by atoms with E-state index in [1.54, 1.807) is 0 Å². The van der Waals surface area contributed by atoms with Crippen LogP contribution in [0.25, 0.3) is 0 Å². The maximum absolute atomic E-state index is 11.6. The van der Waals surface area contributed by atoms with Crippen LogP contribution in [0, 0.1) is 0 Å². The van der Waals surface area contributed by atoms with Crippen molar-refractivity contribution in [2.24, 2.45) is 0 Å². The molecule has 8 heteroatoms. The summed E-state index contributed by atoms with van der Waals surface area (Å²) in [5.41, 5.74) is -0.410. The van der Waals surface area contributed by atoms with E-state index >= 15 is 0 Å². The van der Waals surface area contributed by atoms with Gasteiger partial charge in [-0.2, -0.15) is 0 Å². The molecule has 0 aromatic carbocycles. The molecule has 0 spiro atoms. The van der Waals surface area contributed by atoms with Crippen LogP contribution in [0.2, 0.25) is 0 Å². The fourth-order valence-corrected chi connectivity index (χ4v) is 2.32. The smallest absolute Gasteiger partial charge is 0.358 e. The average Bonchev–Trinajstić information content (AvgIpc) is 2.26. The Hall–Kier alpha value is -1.70. The van der Waals surface area contributed by atoms with Crippen LogP contribution in [-0.4, -0.2) is 35.2 Å². The molecule has 7 nitrogen and oxygen atoms in total. The number of aromatic carboxylic acids is 1. The zero-order chi connectivity index (χ0) is 12.9. The molecule has 0 aliphatic carbocycles. The van der Waals surface area contributed by atoms with E-state index in [1.165, 1.54) is 12.4 Å². The van der Waals surface area contributed by atoms with Gasteiger partial charge in [0, 0.05) is 12.4 Å². The summed E-state index contributed by atoms with van der Waals surface area (Å²) in [5, 5.41) is 8.80. The van der Waals surface area contributed by atoms with Crippen LogP contribution >= 0.6 is 0 Å². The number of rotatable bonds is 6. The van der Waals surface area contributed by atoms with Crippen LogP contribution in [0.3, 0.4) is 0 Å². The number of anilines is 1. The zero-order valence-electron chi connectivity index (χ0n) is 9.25. The second-order valence-corrected chi connectivity index (χ2v) is 5.18. The van der Waals surface area contributed by atoms with Gasteiger partial charge in [0.1, 0.15) is 0 Å². The molecule has 0 atom stereocenters. The van der Waals surface area contributed by atoms with Crippen LogP contribution in [-0.2, 0) is 10.0 Å². The summed E-state index contributed by atoms with van der Waals surface area (Å²) in [4.78, 5) is 18.0. The maximum Gasteiger partial charge on any atom is 0.358 e. The van der Waals surface area contributed by atoms with Crippen molar-refractivity contribution in [2.45, 2.75) is 19.8 Å². The molecule has 0 aliphatic heterocycles. The van der Waals surface area contributed by atoms with Gasteiger partial charge in [0.2, 0.25) is 10.0 Å². The van der Waals surface area contributed by atoms with Crippen molar-refractivity contribution < 1.29 is 18.3 Å². The second-order valence-electron chi connectivity index (χ2n) is 3.33. The highest BCUT2D eigenvalue weighted by atomic mass is 32.2. The third-order valence-corrected chi connectivity index (χ3v) is 3.25. The number of unbranched alkanes of at least 4 members (excludes halogenated alkanes) is 1. The molecule has 2 N–H and O–H groups in total. The van der Waals surface area contributed by atoms with Crippen molar-refractivity contribution in [1.82, 2.24) is 9.97 Å². The highest BCUT2D eigenvalue weighted by Crippen LogP contribution is 2.11. The molecule has 0 unspecified atom stereocenters. The van der Waals surface area contributed by atoms with Crippen LogP contribution in [0.15, 0.2) is 12.4 Å². The summed E-state index contributed by atoms with van der Waals surface area (Å²) < 4.78 is 25.2. The lowest BCUT2D eigenvalue weighted by molar-refractivity contribution is 0.0691. The molecule has 0 saturated heterocycles. The molecule has 0 aliphatic rings. The van der Waals surface area contributed by atoms with Crippen molar-refractivity contribution in [3.05, 3.63) is 18.1 Å². The van der Waals surface area contributed by atoms with E-state index in [9.17, 15) is 13.2 Å². The van der Waals surface area contributed by atoms with E-state index < -0.39 is 21.7 Å². The van der Waals surface area contributed by atoms with E-state index in [0.29, 0.717) is 6.42 Å². The van der Waals surface area contributed by atoms with Crippen LogP contribution in [0.4, 0.5) is 5.82 Å².